The first kappa shape index (κ1) is 28.6. The number of carbonyl (C=O) groups is 4. The van der Waals surface area contributed by atoms with E-state index in [-0.39, 0.29) is 23.4 Å². The Kier molecular flexibility index (Phi) is 8.13. The maximum absolute atomic E-state index is 15.4. The van der Waals surface area contributed by atoms with Crippen LogP contribution in [0.25, 0.3) is 22.2 Å². The second kappa shape index (κ2) is 11.4. The van der Waals surface area contributed by atoms with Crippen molar-refractivity contribution in [2.75, 3.05) is 17.2 Å². The van der Waals surface area contributed by atoms with Gasteiger partial charge in [-0.1, -0.05) is 12.1 Å². The van der Waals surface area contributed by atoms with Crippen LogP contribution in [-0.2, 0) is 19.1 Å². The molecule has 1 aromatic heterocycles. The van der Waals surface area contributed by atoms with Crippen LogP contribution >= 0.6 is 0 Å². The van der Waals surface area contributed by atoms with Gasteiger partial charge in [-0.05, 0) is 70.9 Å². The summed E-state index contributed by atoms with van der Waals surface area (Å²) in [5.74, 6) is -1.45. The van der Waals surface area contributed by atoms with Gasteiger partial charge < -0.3 is 30.6 Å². The third-order valence-electron chi connectivity index (χ3n) is 6.44. The Bertz CT molecular complexity index is 1440. The van der Waals surface area contributed by atoms with Crippen LogP contribution in [0, 0.1) is 5.82 Å². The van der Waals surface area contributed by atoms with Gasteiger partial charge in [0.1, 0.15) is 17.7 Å². The Morgan fingerprint density at radius 1 is 1.05 bits per heavy atom. The number of H-pyrrole nitrogens is 1. The number of aromatic nitrogens is 1. The van der Waals surface area contributed by atoms with Crippen LogP contribution in [0.3, 0.4) is 0 Å². The van der Waals surface area contributed by atoms with Gasteiger partial charge in [0.05, 0.1) is 5.69 Å². The fourth-order valence-electron chi connectivity index (χ4n) is 4.68. The third-order valence-corrected chi connectivity index (χ3v) is 6.44. The second-order valence-corrected chi connectivity index (χ2v) is 10.9. The number of fused-ring (bicyclic) bond motifs is 1. The minimum absolute atomic E-state index is 0.198. The second-order valence-electron chi connectivity index (χ2n) is 10.9. The molecule has 0 spiro atoms. The topological polar surface area (TPSA) is 133 Å². The van der Waals surface area contributed by atoms with Crippen molar-refractivity contribution in [3.8, 4) is 11.3 Å². The monoisotopic (exact) mass is 551 g/mol. The molecule has 10 nitrogen and oxygen atoms in total. The smallest absolute Gasteiger partial charge is 0.408 e. The summed E-state index contributed by atoms with van der Waals surface area (Å²) < 4.78 is 20.6. The molecule has 0 aliphatic carbocycles. The molecule has 0 radical (unpaired) electrons. The Labute approximate surface area is 231 Å². The van der Waals surface area contributed by atoms with Gasteiger partial charge in [0, 0.05) is 41.3 Å². The molecule has 2 heterocycles. The molecule has 4 rings (SSSR count). The van der Waals surface area contributed by atoms with Crippen molar-refractivity contribution >= 4 is 46.1 Å². The molecule has 0 bridgehead atoms. The number of carbonyl (C=O) groups excluding carboxylic acids is 4. The quantitative estimate of drug-likeness (QED) is 0.350. The van der Waals surface area contributed by atoms with Crippen LogP contribution in [0.5, 0.6) is 0 Å². The highest BCUT2D eigenvalue weighted by atomic mass is 19.1. The van der Waals surface area contributed by atoms with Crippen molar-refractivity contribution in [2.45, 2.75) is 65.1 Å². The van der Waals surface area contributed by atoms with E-state index in [1.807, 2.05) is 0 Å². The number of anilines is 2. The van der Waals surface area contributed by atoms with Gasteiger partial charge in [-0.3, -0.25) is 14.4 Å². The molecule has 3 aromatic rings. The molecule has 11 heteroatoms. The van der Waals surface area contributed by atoms with Crippen LogP contribution in [0.2, 0.25) is 0 Å². The average molecular weight is 552 g/mol. The molecule has 1 aliphatic rings. The SMILES string of the molecule is CC(=O)Nc1ccc(-c2[nH]c3ccc(NC(=O)C4CCCN4C(=O)[C@@H](C)NC(=O)OC(C)(C)C)cc3c2F)cc1. The van der Waals surface area contributed by atoms with E-state index in [1.165, 1.54) is 11.8 Å². The average Bonchev–Trinajstić information content (AvgIpc) is 3.48. The summed E-state index contributed by atoms with van der Waals surface area (Å²) in [4.78, 5) is 54.1. The summed E-state index contributed by atoms with van der Waals surface area (Å²) >= 11 is 0. The van der Waals surface area contributed by atoms with E-state index in [2.05, 4.69) is 20.9 Å². The first-order chi connectivity index (χ1) is 18.8. The molecule has 1 unspecified atom stereocenters. The lowest BCUT2D eigenvalue weighted by molar-refractivity contribution is -0.138. The van der Waals surface area contributed by atoms with Gasteiger partial charge in [-0.25, -0.2) is 9.18 Å². The zero-order valence-corrected chi connectivity index (χ0v) is 23.2. The maximum atomic E-state index is 15.4. The third kappa shape index (κ3) is 6.59. The van der Waals surface area contributed by atoms with Gasteiger partial charge in [0.15, 0.2) is 5.82 Å². The highest BCUT2D eigenvalue weighted by molar-refractivity contribution is 6.00. The van der Waals surface area contributed by atoms with Crippen molar-refractivity contribution in [2.24, 2.45) is 0 Å². The van der Waals surface area contributed by atoms with Gasteiger partial charge in [0.25, 0.3) is 0 Å². The summed E-state index contributed by atoms with van der Waals surface area (Å²) in [7, 11) is 0. The Morgan fingerprint density at radius 2 is 1.73 bits per heavy atom. The number of aromatic amines is 1. The number of hydrogen-bond donors (Lipinski definition) is 4. The van der Waals surface area contributed by atoms with Crippen LogP contribution in [0.4, 0.5) is 20.6 Å². The minimum Gasteiger partial charge on any atom is -0.444 e. The molecule has 4 N–H and O–H groups in total. The lowest BCUT2D eigenvalue weighted by Crippen LogP contribution is -2.52. The molecule has 1 aliphatic heterocycles. The number of halogens is 1. The van der Waals surface area contributed by atoms with Crippen molar-refractivity contribution in [3.63, 3.8) is 0 Å². The predicted molar refractivity (Wildman–Crippen MR) is 150 cm³/mol. The van der Waals surface area contributed by atoms with Gasteiger partial charge in [0.2, 0.25) is 17.7 Å². The Balaban J connectivity index is 1.45. The molecule has 0 saturated carbocycles. The molecule has 1 saturated heterocycles. The number of rotatable bonds is 6. The summed E-state index contributed by atoms with van der Waals surface area (Å²) in [6.45, 7) is 8.52. The van der Waals surface area contributed by atoms with Gasteiger partial charge >= 0.3 is 6.09 Å². The van der Waals surface area contributed by atoms with E-state index in [9.17, 15) is 19.2 Å². The van der Waals surface area contributed by atoms with E-state index in [1.54, 1.807) is 70.2 Å². The van der Waals surface area contributed by atoms with Crippen LogP contribution < -0.4 is 16.0 Å². The zero-order chi connectivity index (χ0) is 29.2. The van der Waals surface area contributed by atoms with Crippen LogP contribution in [0.15, 0.2) is 42.5 Å². The van der Waals surface area contributed by atoms with E-state index >= 15 is 4.39 Å². The molecule has 40 heavy (non-hydrogen) atoms. The number of alkyl carbamates (subject to hydrolysis) is 1. The summed E-state index contributed by atoms with van der Waals surface area (Å²) in [5, 5.41) is 8.31. The van der Waals surface area contributed by atoms with Gasteiger partial charge in [-0.2, -0.15) is 0 Å². The van der Waals surface area contributed by atoms with Gasteiger partial charge in [-0.15, -0.1) is 0 Å². The van der Waals surface area contributed by atoms with Crippen LogP contribution in [-0.4, -0.2) is 57.9 Å². The maximum Gasteiger partial charge on any atom is 0.408 e. The summed E-state index contributed by atoms with van der Waals surface area (Å²) in [5.41, 5.74) is 1.72. The largest absolute Gasteiger partial charge is 0.444 e. The fraction of sp³-hybridized carbons (Fsp3) is 0.379. The van der Waals surface area contributed by atoms with E-state index in [4.69, 9.17) is 4.74 Å². The summed E-state index contributed by atoms with van der Waals surface area (Å²) in [6, 6.07) is 10.1. The van der Waals surface area contributed by atoms with E-state index in [0.717, 1.165) is 0 Å². The Morgan fingerprint density at radius 3 is 2.38 bits per heavy atom. The number of ether oxygens (including phenoxy) is 1. The molecule has 4 amide bonds. The molecule has 212 valence electrons. The molecule has 1 fully saturated rings. The van der Waals surface area contributed by atoms with Crippen molar-refractivity contribution in [3.05, 3.63) is 48.3 Å². The molecular weight excluding hydrogens is 517 g/mol. The first-order valence-corrected chi connectivity index (χ1v) is 13.1. The fourth-order valence-corrected chi connectivity index (χ4v) is 4.68. The highest BCUT2D eigenvalue weighted by Crippen LogP contribution is 2.31. The minimum atomic E-state index is -0.876. The van der Waals surface area contributed by atoms with Crippen molar-refractivity contribution in [1.29, 1.82) is 0 Å². The molecule has 2 aromatic carbocycles. The number of likely N-dealkylation sites (tertiary alicyclic amines) is 1. The normalized spacial score (nSPS) is 15.9. The number of nitrogens with zero attached hydrogens (tertiary/aromatic N) is 1. The standard InChI is InChI=1S/C29H34FN5O5/c1-16(31-28(39)40-29(3,4)5)27(38)35-14-6-7-23(35)26(37)33-20-12-13-22-21(15-20)24(30)25(34-22)18-8-10-19(11-9-18)32-17(2)36/h8-13,15-16,23,34H,6-7,14H2,1-5H3,(H,31,39)(H,32,36)(H,33,37)/t16-,23?/m1/s1. The lowest BCUT2D eigenvalue weighted by Gasteiger charge is -2.28. The number of benzene rings is 2. The predicted octanol–water partition coefficient (Wildman–Crippen LogP) is 4.78. The van der Waals surface area contributed by atoms with Crippen LogP contribution in [0.1, 0.15) is 47.5 Å². The number of amides is 4. The molecule has 2 atom stereocenters. The number of hydrogen-bond acceptors (Lipinski definition) is 5. The zero-order valence-electron chi connectivity index (χ0n) is 23.2. The summed E-state index contributed by atoms with van der Waals surface area (Å²) in [6.07, 6.45) is 0.396. The molecular formula is C29H34FN5O5. The van der Waals surface area contributed by atoms with E-state index in [0.29, 0.717) is 47.2 Å². The Hall–Kier alpha value is -4.41. The first-order valence-electron chi connectivity index (χ1n) is 13.1. The van der Waals surface area contributed by atoms with Crippen molar-refractivity contribution < 1.29 is 28.3 Å². The number of nitrogens with one attached hydrogen (secondary N) is 4. The highest BCUT2D eigenvalue weighted by Gasteiger charge is 2.36. The lowest BCUT2D eigenvalue weighted by atomic mass is 10.1. The van der Waals surface area contributed by atoms with E-state index < -0.39 is 29.6 Å². The van der Waals surface area contributed by atoms with Crippen molar-refractivity contribution in [1.82, 2.24) is 15.2 Å².